The fraction of sp³-hybridized carbons (Fsp3) is 0.500. The minimum absolute atomic E-state index is 0.119. The summed E-state index contributed by atoms with van der Waals surface area (Å²) in [6.07, 6.45) is 5.92. The van der Waals surface area contributed by atoms with E-state index in [1.807, 2.05) is 4.90 Å². The zero-order chi connectivity index (χ0) is 18.4. The van der Waals surface area contributed by atoms with Crippen LogP contribution >= 0.6 is 0 Å². The van der Waals surface area contributed by atoms with E-state index in [2.05, 4.69) is 4.90 Å². The quantitative estimate of drug-likeness (QED) is 0.756. The van der Waals surface area contributed by atoms with Gasteiger partial charge in [-0.15, -0.1) is 0 Å². The predicted molar refractivity (Wildman–Crippen MR) is 98.9 cm³/mol. The van der Waals surface area contributed by atoms with Crippen LogP contribution < -0.4 is 0 Å². The summed E-state index contributed by atoms with van der Waals surface area (Å²) in [4.78, 5) is 30.7. The summed E-state index contributed by atoms with van der Waals surface area (Å²) in [5.74, 6) is -0.342. The van der Waals surface area contributed by atoms with Crippen LogP contribution in [0.15, 0.2) is 30.3 Å². The predicted octanol–water partition coefficient (Wildman–Crippen LogP) is 2.00. The molecule has 140 valence electrons. The molecule has 2 saturated heterocycles. The van der Waals surface area contributed by atoms with E-state index in [1.54, 1.807) is 23.1 Å². The second kappa shape index (κ2) is 8.94. The smallest absolute Gasteiger partial charge is 0.246 e. The van der Waals surface area contributed by atoms with E-state index < -0.39 is 0 Å². The Morgan fingerprint density at radius 3 is 2.65 bits per heavy atom. The van der Waals surface area contributed by atoms with Crippen LogP contribution in [0.25, 0.3) is 6.08 Å². The minimum Gasteiger partial charge on any atom is -0.340 e. The maximum Gasteiger partial charge on any atom is 0.246 e. The van der Waals surface area contributed by atoms with Crippen LogP contribution in [0.2, 0.25) is 0 Å². The molecule has 0 aliphatic carbocycles. The molecule has 26 heavy (non-hydrogen) atoms. The molecule has 0 radical (unpaired) electrons. The first-order chi connectivity index (χ1) is 12.6. The summed E-state index contributed by atoms with van der Waals surface area (Å²) in [5.41, 5.74) is 0.650. The molecule has 1 aromatic rings. The Morgan fingerprint density at radius 1 is 1.08 bits per heavy atom. The first-order valence-electron chi connectivity index (χ1n) is 9.34. The average molecular weight is 359 g/mol. The van der Waals surface area contributed by atoms with Crippen molar-refractivity contribution in [3.8, 4) is 0 Å². The molecule has 0 saturated carbocycles. The Bertz CT molecular complexity index is 671. The molecule has 6 heteroatoms. The van der Waals surface area contributed by atoms with E-state index in [9.17, 15) is 14.0 Å². The van der Waals surface area contributed by atoms with Crippen molar-refractivity contribution in [3.05, 3.63) is 41.7 Å². The van der Waals surface area contributed by atoms with Crippen molar-refractivity contribution in [2.45, 2.75) is 19.3 Å². The highest BCUT2D eigenvalue weighted by Crippen LogP contribution is 2.10. The number of hydrogen-bond donors (Lipinski definition) is 0. The molecule has 0 aromatic heterocycles. The first-order valence-corrected chi connectivity index (χ1v) is 9.34. The van der Waals surface area contributed by atoms with Crippen molar-refractivity contribution >= 4 is 17.9 Å². The standard InChI is InChI=1S/C20H26FN3O2/c21-18-5-3-4-17(16-18)6-7-19(25)23-11-8-20(26)24(15-14-23)13-12-22-9-1-2-10-22/h3-7,16H,1-2,8-15H2. The summed E-state index contributed by atoms with van der Waals surface area (Å²) < 4.78 is 13.2. The van der Waals surface area contributed by atoms with Crippen LogP contribution in [-0.2, 0) is 9.59 Å². The van der Waals surface area contributed by atoms with Crippen LogP contribution in [0, 0.1) is 5.82 Å². The van der Waals surface area contributed by atoms with Gasteiger partial charge in [0.1, 0.15) is 5.82 Å². The molecule has 0 atom stereocenters. The zero-order valence-corrected chi connectivity index (χ0v) is 15.1. The van der Waals surface area contributed by atoms with Crippen LogP contribution in [0.5, 0.6) is 0 Å². The van der Waals surface area contributed by atoms with E-state index in [0.29, 0.717) is 31.6 Å². The van der Waals surface area contributed by atoms with Gasteiger partial charge in [0.25, 0.3) is 0 Å². The lowest BCUT2D eigenvalue weighted by molar-refractivity contribution is -0.130. The van der Waals surface area contributed by atoms with Crippen molar-refractivity contribution in [1.82, 2.24) is 14.7 Å². The van der Waals surface area contributed by atoms with Crippen molar-refractivity contribution in [3.63, 3.8) is 0 Å². The van der Waals surface area contributed by atoms with Crippen LogP contribution in [0.1, 0.15) is 24.8 Å². The van der Waals surface area contributed by atoms with Crippen molar-refractivity contribution in [2.24, 2.45) is 0 Å². The van der Waals surface area contributed by atoms with Gasteiger partial charge >= 0.3 is 0 Å². The summed E-state index contributed by atoms with van der Waals surface area (Å²) in [7, 11) is 0. The molecule has 2 aliphatic heterocycles. The number of benzene rings is 1. The van der Waals surface area contributed by atoms with Crippen molar-refractivity contribution in [2.75, 3.05) is 45.8 Å². The molecule has 0 unspecified atom stereocenters. The third kappa shape index (κ3) is 5.14. The molecular weight excluding hydrogens is 333 g/mol. The van der Waals surface area contributed by atoms with Gasteiger partial charge in [-0.2, -0.15) is 0 Å². The van der Waals surface area contributed by atoms with Crippen molar-refractivity contribution in [1.29, 1.82) is 0 Å². The normalized spacial score (nSPS) is 19.3. The molecule has 0 N–H and O–H groups in total. The number of halogens is 1. The van der Waals surface area contributed by atoms with Crippen LogP contribution in [-0.4, -0.2) is 72.3 Å². The average Bonchev–Trinajstić information content (AvgIpc) is 3.08. The number of carbonyl (C=O) groups is 2. The van der Waals surface area contributed by atoms with Crippen molar-refractivity contribution < 1.29 is 14.0 Å². The first kappa shape index (κ1) is 18.6. The minimum atomic E-state index is -0.325. The van der Waals surface area contributed by atoms with Crippen LogP contribution in [0.3, 0.4) is 0 Å². The van der Waals surface area contributed by atoms with Gasteiger partial charge in [0, 0.05) is 45.2 Å². The Kier molecular flexibility index (Phi) is 6.39. The molecule has 2 fully saturated rings. The third-order valence-electron chi connectivity index (χ3n) is 5.05. The highest BCUT2D eigenvalue weighted by Gasteiger charge is 2.23. The number of carbonyl (C=O) groups excluding carboxylic acids is 2. The highest BCUT2D eigenvalue weighted by atomic mass is 19.1. The van der Waals surface area contributed by atoms with Gasteiger partial charge < -0.3 is 14.7 Å². The van der Waals surface area contributed by atoms with E-state index in [1.165, 1.54) is 31.1 Å². The Balaban J connectivity index is 1.51. The van der Waals surface area contributed by atoms with Crippen LogP contribution in [0.4, 0.5) is 4.39 Å². The molecule has 5 nitrogen and oxygen atoms in total. The number of likely N-dealkylation sites (tertiary alicyclic amines) is 1. The summed E-state index contributed by atoms with van der Waals surface area (Å²) in [5, 5.41) is 0. The second-order valence-electron chi connectivity index (χ2n) is 6.89. The SMILES string of the molecule is O=C(C=Cc1cccc(F)c1)N1CCC(=O)N(CCN2CCCC2)CC1. The van der Waals surface area contributed by atoms with Gasteiger partial charge in [0.05, 0.1) is 0 Å². The lowest BCUT2D eigenvalue weighted by atomic mass is 10.2. The lowest BCUT2D eigenvalue weighted by Gasteiger charge is -2.24. The second-order valence-corrected chi connectivity index (χ2v) is 6.89. The lowest BCUT2D eigenvalue weighted by Crippen LogP contribution is -2.39. The molecule has 0 spiro atoms. The van der Waals surface area contributed by atoms with E-state index in [4.69, 9.17) is 0 Å². The molecule has 2 amide bonds. The summed E-state index contributed by atoms with van der Waals surface area (Å²) in [6, 6.07) is 6.12. The Morgan fingerprint density at radius 2 is 1.88 bits per heavy atom. The molecule has 3 rings (SSSR count). The Labute approximate surface area is 154 Å². The van der Waals surface area contributed by atoms with Gasteiger partial charge in [-0.05, 0) is 49.7 Å². The van der Waals surface area contributed by atoms with Gasteiger partial charge in [-0.1, -0.05) is 12.1 Å². The largest absolute Gasteiger partial charge is 0.340 e. The Hall–Kier alpha value is -2.21. The monoisotopic (exact) mass is 359 g/mol. The van der Waals surface area contributed by atoms with Gasteiger partial charge in [0.2, 0.25) is 11.8 Å². The number of nitrogens with zero attached hydrogens (tertiary/aromatic N) is 3. The molecule has 0 bridgehead atoms. The topological polar surface area (TPSA) is 43.9 Å². The third-order valence-corrected chi connectivity index (χ3v) is 5.05. The number of amides is 2. The van der Waals surface area contributed by atoms with E-state index in [0.717, 1.165) is 26.2 Å². The highest BCUT2D eigenvalue weighted by molar-refractivity contribution is 5.92. The maximum atomic E-state index is 13.2. The molecule has 1 aromatic carbocycles. The molecule has 2 heterocycles. The maximum absolute atomic E-state index is 13.2. The zero-order valence-electron chi connectivity index (χ0n) is 15.1. The summed E-state index contributed by atoms with van der Waals surface area (Å²) in [6.45, 7) is 5.45. The fourth-order valence-electron chi connectivity index (χ4n) is 3.48. The van der Waals surface area contributed by atoms with Gasteiger partial charge in [-0.3, -0.25) is 9.59 Å². The van der Waals surface area contributed by atoms with Gasteiger partial charge in [0.15, 0.2) is 0 Å². The molecule has 2 aliphatic rings. The summed E-state index contributed by atoms with van der Waals surface area (Å²) >= 11 is 0. The van der Waals surface area contributed by atoms with Gasteiger partial charge in [-0.25, -0.2) is 4.39 Å². The number of hydrogen-bond acceptors (Lipinski definition) is 3. The number of rotatable bonds is 5. The fourth-order valence-corrected chi connectivity index (χ4v) is 3.48. The van der Waals surface area contributed by atoms with E-state index >= 15 is 0 Å². The molecular formula is C20H26FN3O2. The van der Waals surface area contributed by atoms with E-state index in [-0.39, 0.29) is 17.6 Å².